The second-order valence-corrected chi connectivity index (χ2v) is 7.03. The molecule has 1 aromatic carbocycles. The van der Waals surface area contributed by atoms with Crippen LogP contribution in [0, 0.1) is 5.92 Å². The quantitative estimate of drug-likeness (QED) is 0.843. The van der Waals surface area contributed by atoms with Crippen LogP contribution in [0.25, 0.3) is 0 Å². The second-order valence-electron chi connectivity index (χ2n) is 7.03. The molecule has 0 spiro atoms. The summed E-state index contributed by atoms with van der Waals surface area (Å²) in [6.45, 7) is 3.36. The monoisotopic (exact) mass is 346 g/mol. The van der Waals surface area contributed by atoms with Gasteiger partial charge in [-0.1, -0.05) is 19.3 Å². The third kappa shape index (κ3) is 4.20. The molecule has 2 amide bonds. The van der Waals surface area contributed by atoms with Gasteiger partial charge in [0.1, 0.15) is 0 Å². The molecule has 1 saturated heterocycles. The van der Waals surface area contributed by atoms with Crippen LogP contribution in [0.5, 0.6) is 11.5 Å². The van der Waals surface area contributed by atoms with Crippen LogP contribution in [-0.4, -0.2) is 37.2 Å². The minimum absolute atomic E-state index is 0.0145. The van der Waals surface area contributed by atoms with E-state index in [0.29, 0.717) is 30.1 Å². The number of ether oxygens (including phenoxy) is 2. The second kappa shape index (κ2) is 8.45. The van der Waals surface area contributed by atoms with E-state index in [-0.39, 0.29) is 6.03 Å². The zero-order chi connectivity index (χ0) is 17.6. The van der Waals surface area contributed by atoms with Crippen LogP contribution in [0.1, 0.15) is 51.9 Å². The summed E-state index contributed by atoms with van der Waals surface area (Å²) in [6, 6.07) is 5.96. The molecule has 1 N–H and O–H groups in total. The molecule has 138 valence electrons. The molecule has 2 aliphatic rings. The van der Waals surface area contributed by atoms with Crippen molar-refractivity contribution in [2.24, 2.45) is 5.92 Å². The van der Waals surface area contributed by atoms with Crippen molar-refractivity contribution < 1.29 is 14.3 Å². The number of hydrogen-bond donors (Lipinski definition) is 1. The van der Waals surface area contributed by atoms with E-state index in [1.807, 2.05) is 25.1 Å². The van der Waals surface area contributed by atoms with Crippen molar-refractivity contribution in [2.45, 2.75) is 57.9 Å². The van der Waals surface area contributed by atoms with E-state index < -0.39 is 0 Å². The molecule has 1 unspecified atom stereocenters. The van der Waals surface area contributed by atoms with E-state index in [4.69, 9.17) is 9.47 Å². The summed E-state index contributed by atoms with van der Waals surface area (Å²) in [5.41, 5.74) is 0.753. The van der Waals surface area contributed by atoms with Gasteiger partial charge in [-0.15, -0.1) is 0 Å². The standard InChI is InChI=1S/C20H30N2O3/c1-3-25-19-14-16(11-12-18(19)24-2)21-20(23)22-13-7-10-17(22)15-8-5-4-6-9-15/h11-12,14-15,17H,3-10,13H2,1-2H3,(H,21,23). The van der Waals surface area contributed by atoms with Gasteiger partial charge in [-0.3, -0.25) is 0 Å². The van der Waals surface area contributed by atoms with Crippen molar-refractivity contribution in [3.05, 3.63) is 18.2 Å². The van der Waals surface area contributed by atoms with Crippen molar-refractivity contribution in [1.29, 1.82) is 0 Å². The molecule has 25 heavy (non-hydrogen) atoms. The van der Waals surface area contributed by atoms with E-state index in [0.717, 1.165) is 25.1 Å². The Hall–Kier alpha value is -1.91. The lowest BCUT2D eigenvalue weighted by molar-refractivity contribution is 0.166. The van der Waals surface area contributed by atoms with Crippen molar-refractivity contribution in [3.8, 4) is 11.5 Å². The third-order valence-electron chi connectivity index (χ3n) is 5.47. The number of likely N-dealkylation sites (tertiary alicyclic amines) is 1. The van der Waals surface area contributed by atoms with E-state index in [1.165, 1.54) is 32.1 Å². The first-order chi connectivity index (χ1) is 12.2. The van der Waals surface area contributed by atoms with Crippen molar-refractivity contribution >= 4 is 11.7 Å². The molecule has 1 atom stereocenters. The number of urea groups is 1. The highest BCUT2D eigenvalue weighted by atomic mass is 16.5. The maximum absolute atomic E-state index is 12.8. The van der Waals surface area contributed by atoms with Gasteiger partial charge in [0.05, 0.1) is 13.7 Å². The molecular formula is C20H30N2O3. The van der Waals surface area contributed by atoms with Crippen LogP contribution in [0.15, 0.2) is 18.2 Å². The fourth-order valence-corrected chi connectivity index (χ4v) is 4.27. The van der Waals surface area contributed by atoms with E-state index in [2.05, 4.69) is 10.2 Å². The van der Waals surface area contributed by atoms with Gasteiger partial charge in [0.25, 0.3) is 0 Å². The minimum Gasteiger partial charge on any atom is -0.493 e. The van der Waals surface area contributed by atoms with E-state index in [1.54, 1.807) is 7.11 Å². The highest BCUT2D eigenvalue weighted by Crippen LogP contribution is 2.35. The highest BCUT2D eigenvalue weighted by molar-refractivity contribution is 5.90. The lowest BCUT2D eigenvalue weighted by Crippen LogP contribution is -2.43. The smallest absolute Gasteiger partial charge is 0.322 e. The number of benzene rings is 1. The summed E-state index contributed by atoms with van der Waals surface area (Å²) in [7, 11) is 1.62. The fourth-order valence-electron chi connectivity index (χ4n) is 4.27. The minimum atomic E-state index is 0.0145. The Morgan fingerprint density at radius 2 is 1.96 bits per heavy atom. The molecule has 1 heterocycles. The average Bonchev–Trinajstić information content (AvgIpc) is 3.13. The van der Waals surface area contributed by atoms with Crippen LogP contribution in [0.4, 0.5) is 10.5 Å². The van der Waals surface area contributed by atoms with Gasteiger partial charge in [-0.25, -0.2) is 4.79 Å². The number of methoxy groups -OCH3 is 1. The van der Waals surface area contributed by atoms with Gasteiger partial charge in [0.2, 0.25) is 0 Å². The first-order valence-electron chi connectivity index (χ1n) is 9.61. The molecule has 1 aliphatic heterocycles. The molecular weight excluding hydrogens is 316 g/mol. The predicted octanol–water partition coefficient (Wildman–Crippen LogP) is 4.67. The van der Waals surface area contributed by atoms with Crippen LogP contribution in [0.3, 0.4) is 0 Å². The van der Waals surface area contributed by atoms with Crippen LogP contribution in [0.2, 0.25) is 0 Å². The molecule has 3 rings (SSSR count). The maximum atomic E-state index is 12.8. The summed E-state index contributed by atoms with van der Waals surface area (Å²) in [5, 5.41) is 3.05. The van der Waals surface area contributed by atoms with Gasteiger partial charge >= 0.3 is 6.03 Å². The zero-order valence-electron chi connectivity index (χ0n) is 15.4. The molecule has 1 saturated carbocycles. The van der Waals surface area contributed by atoms with Gasteiger partial charge in [-0.2, -0.15) is 0 Å². The van der Waals surface area contributed by atoms with Gasteiger partial charge in [0.15, 0.2) is 11.5 Å². The van der Waals surface area contributed by atoms with Crippen molar-refractivity contribution in [3.63, 3.8) is 0 Å². The molecule has 0 aromatic heterocycles. The lowest BCUT2D eigenvalue weighted by Gasteiger charge is -2.34. The molecule has 0 bridgehead atoms. The molecule has 5 heteroatoms. The molecule has 1 aromatic rings. The molecule has 5 nitrogen and oxygen atoms in total. The SMILES string of the molecule is CCOc1cc(NC(=O)N2CCCC2C2CCCCC2)ccc1OC. The fraction of sp³-hybridized carbons (Fsp3) is 0.650. The largest absolute Gasteiger partial charge is 0.493 e. The van der Waals surface area contributed by atoms with Crippen LogP contribution in [-0.2, 0) is 0 Å². The average molecular weight is 346 g/mol. The first-order valence-corrected chi connectivity index (χ1v) is 9.61. The summed E-state index contributed by atoms with van der Waals surface area (Å²) in [5.74, 6) is 2.02. The number of carbonyl (C=O) groups excluding carboxylic acids is 1. The van der Waals surface area contributed by atoms with Crippen molar-refractivity contribution in [1.82, 2.24) is 4.90 Å². The predicted molar refractivity (Wildman–Crippen MR) is 99.5 cm³/mol. The topological polar surface area (TPSA) is 50.8 Å². The Bertz CT molecular complexity index is 584. The normalized spacial score (nSPS) is 21.2. The Labute approximate surface area is 150 Å². The number of amides is 2. The number of anilines is 1. The lowest BCUT2D eigenvalue weighted by atomic mass is 9.83. The highest BCUT2D eigenvalue weighted by Gasteiger charge is 2.35. The zero-order valence-corrected chi connectivity index (χ0v) is 15.4. The summed E-state index contributed by atoms with van der Waals surface area (Å²) in [4.78, 5) is 14.9. The Balaban J connectivity index is 1.67. The van der Waals surface area contributed by atoms with Crippen LogP contribution < -0.4 is 14.8 Å². The summed E-state index contributed by atoms with van der Waals surface area (Å²) < 4.78 is 10.9. The summed E-state index contributed by atoms with van der Waals surface area (Å²) >= 11 is 0. The Morgan fingerprint density at radius 3 is 2.68 bits per heavy atom. The number of rotatable bonds is 5. The van der Waals surface area contributed by atoms with Crippen LogP contribution >= 0.6 is 0 Å². The number of carbonyl (C=O) groups is 1. The molecule has 1 aliphatic carbocycles. The summed E-state index contributed by atoms with van der Waals surface area (Å²) in [6.07, 6.45) is 8.77. The van der Waals surface area contributed by atoms with Gasteiger partial charge in [-0.05, 0) is 50.7 Å². The van der Waals surface area contributed by atoms with E-state index in [9.17, 15) is 4.79 Å². The Kier molecular flexibility index (Phi) is 6.05. The first kappa shape index (κ1) is 17.9. The number of hydrogen-bond acceptors (Lipinski definition) is 3. The Morgan fingerprint density at radius 1 is 1.16 bits per heavy atom. The maximum Gasteiger partial charge on any atom is 0.322 e. The molecule has 0 radical (unpaired) electrons. The number of nitrogens with one attached hydrogen (secondary N) is 1. The van der Waals surface area contributed by atoms with E-state index >= 15 is 0 Å². The van der Waals surface area contributed by atoms with Gasteiger partial charge in [0, 0.05) is 24.3 Å². The molecule has 2 fully saturated rings. The number of nitrogens with zero attached hydrogens (tertiary/aromatic N) is 1. The third-order valence-corrected chi connectivity index (χ3v) is 5.47. The van der Waals surface area contributed by atoms with Crippen molar-refractivity contribution in [2.75, 3.05) is 25.6 Å². The van der Waals surface area contributed by atoms with Gasteiger partial charge < -0.3 is 19.7 Å².